The van der Waals surface area contributed by atoms with Crippen molar-refractivity contribution < 1.29 is 9.53 Å². The van der Waals surface area contributed by atoms with Gasteiger partial charge in [0, 0.05) is 30.3 Å². The van der Waals surface area contributed by atoms with Gasteiger partial charge in [-0.2, -0.15) is 0 Å². The van der Waals surface area contributed by atoms with Crippen LogP contribution in [0.5, 0.6) is 0 Å². The lowest BCUT2D eigenvalue weighted by molar-refractivity contribution is -0.153. The monoisotopic (exact) mass is 294 g/mol. The number of imidazole rings is 1. The van der Waals surface area contributed by atoms with Gasteiger partial charge in [-0.25, -0.2) is 9.78 Å². The first-order valence-electron chi connectivity index (χ1n) is 6.62. The molecule has 2 N–H and O–H groups in total. The molecular weight excluding hydrogens is 276 g/mol. The maximum atomic E-state index is 12.2. The molecule has 0 radical (unpaired) electrons. The van der Waals surface area contributed by atoms with Crippen molar-refractivity contribution in [2.45, 2.75) is 50.9 Å². The Kier molecular flexibility index (Phi) is 2.79. The fourth-order valence-corrected chi connectivity index (χ4v) is 3.84. The van der Waals surface area contributed by atoms with Gasteiger partial charge in [0.05, 0.1) is 6.33 Å². The number of fused-ring (bicyclic) bond motifs is 1. The van der Waals surface area contributed by atoms with E-state index >= 15 is 0 Å². The second kappa shape index (κ2) is 4.18. The van der Waals surface area contributed by atoms with Crippen LogP contribution in [-0.4, -0.2) is 43.3 Å². The Hall–Kier alpha value is -1.63. The van der Waals surface area contributed by atoms with Gasteiger partial charge in [-0.1, -0.05) is 0 Å². The van der Waals surface area contributed by atoms with Crippen LogP contribution in [0, 0.1) is 0 Å². The number of hydrogen-bond acceptors (Lipinski definition) is 4. The molecule has 0 aliphatic carbocycles. The van der Waals surface area contributed by atoms with Gasteiger partial charge in [0.25, 0.3) is 0 Å². The van der Waals surface area contributed by atoms with Crippen molar-refractivity contribution in [2.75, 3.05) is 0 Å². The summed E-state index contributed by atoms with van der Waals surface area (Å²) in [7, 11) is 0. The number of thiocarbonyl (C=S) groups is 1. The highest BCUT2D eigenvalue weighted by Gasteiger charge is 2.56. The number of H-pyrrole nitrogens is 1. The van der Waals surface area contributed by atoms with Crippen LogP contribution in [0.4, 0.5) is 0 Å². The van der Waals surface area contributed by atoms with Crippen LogP contribution < -0.4 is 5.32 Å². The summed E-state index contributed by atoms with van der Waals surface area (Å²) in [6, 6.07) is -0.406. The summed E-state index contributed by atoms with van der Waals surface area (Å²) in [6.45, 7) is 6.03. The average Bonchev–Trinajstić information content (AvgIpc) is 2.84. The number of aromatic nitrogens is 2. The molecule has 6 nitrogen and oxygen atoms in total. The Morgan fingerprint density at radius 3 is 2.95 bits per heavy atom. The molecule has 2 fully saturated rings. The highest BCUT2D eigenvalue weighted by Crippen LogP contribution is 2.39. The van der Waals surface area contributed by atoms with Crippen LogP contribution >= 0.6 is 12.2 Å². The van der Waals surface area contributed by atoms with E-state index in [1.807, 2.05) is 11.8 Å². The lowest BCUT2D eigenvalue weighted by Gasteiger charge is -2.48. The first-order valence-corrected chi connectivity index (χ1v) is 7.03. The summed E-state index contributed by atoms with van der Waals surface area (Å²) < 4.78 is 5.65. The number of carbonyl (C=O) groups excluding carboxylic acids is 1. The van der Waals surface area contributed by atoms with Gasteiger partial charge in [-0.15, -0.1) is 0 Å². The van der Waals surface area contributed by atoms with Crippen LogP contribution in [0.25, 0.3) is 0 Å². The zero-order chi connectivity index (χ0) is 14.5. The van der Waals surface area contributed by atoms with Crippen molar-refractivity contribution >= 4 is 23.3 Å². The summed E-state index contributed by atoms with van der Waals surface area (Å²) in [4.78, 5) is 21.1. The van der Waals surface area contributed by atoms with Crippen molar-refractivity contribution in [1.29, 1.82) is 0 Å². The maximum absolute atomic E-state index is 12.2. The van der Waals surface area contributed by atoms with Crippen LogP contribution in [0.2, 0.25) is 0 Å². The quantitative estimate of drug-likeness (QED) is 0.625. The molecule has 0 bridgehead atoms. The molecule has 2 aliphatic rings. The van der Waals surface area contributed by atoms with E-state index in [9.17, 15) is 4.79 Å². The van der Waals surface area contributed by atoms with Crippen molar-refractivity contribution in [2.24, 2.45) is 0 Å². The third-order valence-electron chi connectivity index (χ3n) is 3.82. The van der Waals surface area contributed by atoms with Crippen LogP contribution in [0.3, 0.4) is 0 Å². The third-order valence-corrected chi connectivity index (χ3v) is 4.11. The number of esters is 1. The molecule has 108 valence electrons. The van der Waals surface area contributed by atoms with Gasteiger partial charge in [-0.3, -0.25) is 4.90 Å². The molecule has 0 aromatic carbocycles. The molecule has 0 saturated carbocycles. The Bertz CT molecular complexity index is 557. The summed E-state index contributed by atoms with van der Waals surface area (Å²) in [5.74, 6) is -0.232. The SMILES string of the molecule is CC1(C)C[C@@]2(C)OC(=O)[C@@H](Cc3cnc[nH]3)N2C(=S)N1. The van der Waals surface area contributed by atoms with Crippen molar-refractivity contribution in [3.8, 4) is 0 Å². The number of rotatable bonds is 2. The number of nitrogens with one attached hydrogen (secondary N) is 2. The minimum Gasteiger partial charge on any atom is -0.437 e. The molecule has 0 spiro atoms. The average molecular weight is 294 g/mol. The number of nitrogens with zero attached hydrogens (tertiary/aromatic N) is 2. The molecule has 0 unspecified atom stereocenters. The predicted octanol–water partition coefficient (Wildman–Crippen LogP) is 0.953. The van der Waals surface area contributed by atoms with E-state index in [-0.39, 0.29) is 11.5 Å². The molecule has 1 aromatic rings. The minimum absolute atomic E-state index is 0.189. The van der Waals surface area contributed by atoms with Gasteiger partial charge in [0.15, 0.2) is 10.8 Å². The fraction of sp³-hybridized carbons (Fsp3) is 0.615. The van der Waals surface area contributed by atoms with Crippen molar-refractivity contribution in [3.63, 3.8) is 0 Å². The van der Waals surface area contributed by atoms with E-state index in [1.165, 1.54) is 0 Å². The van der Waals surface area contributed by atoms with Gasteiger partial charge in [0.1, 0.15) is 6.04 Å². The second-order valence-corrected chi connectivity index (χ2v) is 6.64. The minimum atomic E-state index is -0.673. The van der Waals surface area contributed by atoms with E-state index in [1.54, 1.807) is 12.5 Å². The second-order valence-electron chi connectivity index (χ2n) is 6.25. The van der Waals surface area contributed by atoms with E-state index in [0.29, 0.717) is 18.0 Å². The Balaban J connectivity index is 1.90. The molecule has 2 saturated heterocycles. The molecule has 0 amide bonds. The van der Waals surface area contributed by atoms with Crippen LogP contribution in [0.1, 0.15) is 32.9 Å². The fourth-order valence-electron chi connectivity index (χ4n) is 3.24. The summed E-state index contributed by atoms with van der Waals surface area (Å²) in [5, 5.41) is 3.85. The smallest absolute Gasteiger partial charge is 0.331 e. The van der Waals surface area contributed by atoms with E-state index in [2.05, 4.69) is 29.1 Å². The number of hydrogen-bond donors (Lipinski definition) is 2. The molecule has 2 aliphatic heterocycles. The highest BCUT2D eigenvalue weighted by molar-refractivity contribution is 7.80. The van der Waals surface area contributed by atoms with Gasteiger partial charge < -0.3 is 15.0 Å². The first-order chi connectivity index (χ1) is 9.31. The van der Waals surface area contributed by atoms with E-state index in [4.69, 9.17) is 17.0 Å². The largest absolute Gasteiger partial charge is 0.437 e. The third kappa shape index (κ3) is 2.06. The van der Waals surface area contributed by atoms with E-state index in [0.717, 1.165) is 5.69 Å². The maximum Gasteiger partial charge on any atom is 0.331 e. The Morgan fingerprint density at radius 2 is 2.30 bits per heavy atom. The standard InChI is InChI=1S/C13H18N4O2S/c1-12(2)6-13(3)17(11(20)16-12)9(10(18)19-13)4-8-5-14-7-15-8/h5,7,9H,4,6H2,1-3H3,(H,14,15)(H,16,20)/t9-,13-/m1/s1. The number of ether oxygens (including phenoxy) is 1. The van der Waals surface area contributed by atoms with Gasteiger partial charge in [-0.05, 0) is 33.0 Å². The lowest BCUT2D eigenvalue weighted by atomic mass is 9.90. The van der Waals surface area contributed by atoms with Crippen molar-refractivity contribution in [1.82, 2.24) is 20.2 Å². The van der Waals surface area contributed by atoms with Crippen LogP contribution in [-0.2, 0) is 16.0 Å². The van der Waals surface area contributed by atoms with E-state index < -0.39 is 11.8 Å². The molecule has 2 atom stereocenters. The molecule has 7 heteroatoms. The van der Waals surface area contributed by atoms with Gasteiger partial charge >= 0.3 is 5.97 Å². The zero-order valence-corrected chi connectivity index (χ0v) is 12.6. The number of carbonyl (C=O) groups is 1. The topological polar surface area (TPSA) is 70.2 Å². The molecule has 3 rings (SSSR count). The molecule has 1 aromatic heterocycles. The van der Waals surface area contributed by atoms with Crippen molar-refractivity contribution in [3.05, 3.63) is 18.2 Å². The Labute approximate surface area is 122 Å². The lowest BCUT2D eigenvalue weighted by Crippen LogP contribution is -2.66. The zero-order valence-electron chi connectivity index (χ0n) is 11.8. The molecular formula is C13H18N4O2S. The predicted molar refractivity (Wildman–Crippen MR) is 76.8 cm³/mol. The molecule has 3 heterocycles. The van der Waals surface area contributed by atoms with Crippen LogP contribution in [0.15, 0.2) is 12.5 Å². The Morgan fingerprint density at radius 1 is 1.55 bits per heavy atom. The van der Waals surface area contributed by atoms with Gasteiger partial charge in [0.2, 0.25) is 0 Å². The summed E-state index contributed by atoms with van der Waals surface area (Å²) in [6.07, 6.45) is 4.51. The summed E-state index contributed by atoms with van der Waals surface area (Å²) >= 11 is 5.45. The number of aromatic amines is 1. The summed E-state index contributed by atoms with van der Waals surface area (Å²) in [5.41, 5.74) is 0.0304. The normalized spacial score (nSPS) is 31.8. The first kappa shape index (κ1) is 13.4. The molecule has 20 heavy (non-hydrogen) atoms. The highest BCUT2D eigenvalue weighted by atomic mass is 32.1.